The van der Waals surface area contributed by atoms with Crippen molar-refractivity contribution in [3.63, 3.8) is 0 Å². The largest absolute Gasteiger partial charge is 0.491 e. The molecule has 0 atom stereocenters. The van der Waals surface area contributed by atoms with Gasteiger partial charge in [-0.1, -0.05) is 48.0 Å². The molecule has 4 rings (SSSR count). The van der Waals surface area contributed by atoms with Gasteiger partial charge in [0.1, 0.15) is 22.4 Å². The van der Waals surface area contributed by atoms with Gasteiger partial charge < -0.3 is 10.1 Å². The van der Waals surface area contributed by atoms with Crippen molar-refractivity contribution in [3.05, 3.63) is 65.9 Å². The Morgan fingerprint density at radius 1 is 1.09 bits per heavy atom. The van der Waals surface area contributed by atoms with Gasteiger partial charge in [-0.05, 0) is 36.4 Å². The Morgan fingerprint density at radius 2 is 1.84 bits per heavy atom. The van der Waals surface area contributed by atoms with Crippen molar-refractivity contribution >= 4 is 38.3 Å². The monoisotopic (exact) mass is 473 g/mol. The maximum atomic E-state index is 12.8. The van der Waals surface area contributed by atoms with E-state index < -0.39 is 10.0 Å². The van der Waals surface area contributed by atoms with Crippen molar-refractivity contribution in [2.24, 2.45) is 5.92 Å². The number of benzene rings is 2. The molecule has 1 fully saturated rings. The van der Waals surface area contributed by atoms with Gasteiger partial charge in [0, 0.05) is 30.6 Å². The van der Waals surface area contributed by atoms with Gasteiger partial charge in [-0.25, -0.2) is 13.4 Å². The fourth-order valence-corrected chi connectivity index (χ4v) is 5.76. The van der Waals surface area contributed by atoms with Crippen molar-refractivity contribution in [1.29, 1.82) is 0 Å². The molecule has 0 unspecified atom stereocenters. The summed E-state index contributed by atoms with van der Waals surface area (Å²) in [5.74, 6) is 0.469. The number of pyridine rings is 1. The number of amides is 1. The van der Waals surface area contributed by atoms with E-state index in [1.807, 2.05) is 42.5 Å². The molecule has 1 aliphatic rings. The molecule has 7 nitrogen and oxygen atoms in total. The summed E-state index contributed by atoms with van der Waals surface area (Å²) in [5.41, 5.74) is 0. The summed E-state index contributed by atoms with van der Waals surface area (Å²) in [5, 5.41) is 4.99. The minimum Gasteiger partial charge on any atom is -0.491 e. The normalized spacial score (nSPS) is 15.5. The maximum Gasteiger partial charge on any atom is 0.246 e. The Balaban J connectivity index is 1.26. The molecule has 0 bridgehead atoms. The van der Waals surface area contributed by atoms with Crippen LogP contribution in [-0.2, 0) is 14.8 Å². The van der Waals surface area contributed by atoms with E-state index in [-0.39, 0.29) is 35.0 Å². The molecule has 168 valence electrons. The number of carbonyl (C=O) groups excluding carboxylic acids is 1. The molecule has 2 aromatic carbocycles. The molecule has 32 heavy (non-hydrogen) atoms. The van der Waals surface area contributed by atoms with E-state index in [1.165, 1.54) is 16.6 Å². The van der Waals surface area contributed by atoms with Crippen LogP contribution in [0.1, 0.15) is 12.8 Å². The van der Waals surface area contributed by atoms with Crippen molar-refractivity contribution in [2.75, 3.05) is 26.2 Å². The first-order valence-electron chi connectivity index (χ1n) is 10.5. The number of nitrogens with zero attached hydrogens (tertiary/aromatic N) is 2. The number of hydrogen-bond donors (Lipinski definition) is 1. The molecule has 1 amide bonds. The van der Waals surface area contributed by atoms with E-state index in [0.717, 1.165) is 16.5 Å². The Bertz CT molecular complexity index is 1210. The Morgan fingerprint density at radius 3 is 2.62 bits per heavy atom. The van der Waals surface area contributed by atoms with E-state index in [9.17, 15) is 13.2 Å². The van der Waals surface area contributed by atoms with Gasteiger partial charge in [0.05, 0.1) is 6.54 Å². The second-order valence-corrected chi connectivity index (χ2v) is 9.85. The third kappa shape index (κ3) is 4.87. The molecule has 0 spiro atoms. The van der Waals surface area contributed by atoms with Gasteiger partial charge in [0.25, 0.3) is 0 Å². The standard InChI is InChI=1S/C23H24ClN3O4S/c24-22-21(9-4-12-25-22)32(29,30)27-14-10-18(11-15-27)23(28)26-13-16-31-20-8-3-6-17-5-1-2-7-19(17)20/h1-9,12,18H,10-11,13-16H2,(H,26,28). The second-order valence-electron chi connectivity index (χ2n) is 7.59. The van der Waals surface area contributed by atoms with Gasteiger partial charge in [-0.15, -0.1) is 0 Å². The van der Waals surface area contributed by atoms with Gasteiger partial charge in [-0.2, -0.15) is 4.31 Å². The number of piperidine rings is 1. The van der Waals surface area contributed by atoms with E-state index in [1.54, 1.807) is 6.07 Å². The smallest absolute Gasteiger partial charge is 0.246 e. The number of halogens is 1. The van der Waals surface area contributed by atoms with Crippen LogP contribution < -0.4 is 10.1 Å². The lowest BCUT2D eigenvalue weighted by atomic mass is 9.97. The maximum absolute atomic E-state index is 12.8. The average molecular weight is 474 g/mol. The first-order chi connectivity index (χ1) is 15.5. The Kier molecular flexibility index (Phi) is 6.93. The molecular weight excluding hydrogens is 450 g/mol. The lowest BCUT2D eigenvalue weighted by Crippen LogP contribution is -2.43. The minimum absolute atomic E-state index is 0.00449. The number of hydrogen-bond acceptors (Lipinski definition) is 5. The number of carbonyl (C=O) groups is 1. The van der Waals surface area contributed by atoms with E-state index in [2.05, 4.69) is 10.3 Å². The zero-order valence-corrected chi connectivity index (χ0v) is 19.0. The third-order valence-corrected chi connectivity index (χ3v) is 7.92. The molecule has 1 saturated heterocycles. The predicted octanol–water partition coefficient (Wildman–Crippen LogP) is 3.48. The summed E-state index contributed by atoms with van der Waals surface area (Å²) in [6.45, 7) is 1.26. The topological polar surface area (TPSA) is 88.6 Å². The fourth-order valence-electron chi connectivity index (χ4n) is 3.86. The van der Waals surface area contributed by atoms with E-state index in [4.69, 9.17) is 16.3 Å². The summed E-state index contributed by atoms with van der Waals surface area (Å²) >= 11 is 5.96. The van der Waals surface area contributed by atoms with Crippen molar-refractivity contribution in [1.82, 2.24) is 14.6 Å². The van der Waals surface area contributed by atoms with E-state index in [0.29, 0.717) is 26.0 Å². The van der Waals surface area contributed by atoms with Crippen molar-refractivity contribution in [3.8, 4) is 5.75 Å². The number of fused-ring (bicyclic) bond motifs is 1. The Labute approximate surface area is 192 Å². The van der Waals surface area contributed by atoms with Crippen LogP contribution >= 0.6 is 11.6 Å². The van der Waals surface area contributed by atoms with Crippen LogP contribution in [0.25, 0.3) is 10.8 Å². The molecule has 1 aliphatic heterocycles. The molecule has 1 aromatic heterocycles. The number of sulfonamides is 1. The fraction of sp³-hybridized carbons (Fsp3) is 0.304. The summed E-state index contributed by atoms with van der Waals surface area (Å²) in [6.07, 6.45) is 2.35. The first kappa shape index (κ1) is 22.5. The van der Waals surface area contributed by atoms with Crippen LogP contribution in [0.2, 0.25) is 5.15 Å². The van der Waals surface area contributed by atoms with Gasteiger partial charge >= 0.3 is 0 Å². The van der Waals surface area contributed by atoms with Crippen LogP contribution in [0.4, 0.5) is 0 Å². The average Bonchev–Trinajstić information content (AvgIpc) is 2.82. The first-order valence-corrected chi connectivity index (χ1v) is 12.3. The molecule has 2 heterocycles. The zero-order valence-electron chi connectivity index (χ0n) is 17.4. The lowest BCUT2D eigenvalue weighted by Gasteiger charge is -2.30. The number of aromatic nitrogens is 1. The quantitative estimate of drug-likeness (QED) is 0.419. The summed E-state index contributed by atoms with van der Waals surface area (Å²) in [4.78, 5) is 16.4. The molecule has 3 aromatic rings. The van der Waals surface area contributed by atoms with Crippen LogP contribution in [0.3, 0.4) is 0 Å². The number of rotatable bonds is 7. The lowest BCUT2D eigenvalue weighted by molar-refractivity contribution is -0.126. The second kappa shape index (κ2) is 9.85. The molecule has 0 radical (unpaired) electrons. The van der Waals surface area contributed by atoms with Crippen LogP contribution in [0, 0.1) is 5.92 Å². The van der Waals surface area contributed by atoms with Gasteiger partial charge in [0.15, 0.2) is 0 Å². The van der Waals surface area contributed by atoms with Gasteiger partial charge in [0.2, 0.25) is 15.9 Å². The zero-order chi connectivity index (χ0) is 22.6. The number of nitrogens with one attached hydrogen (secondary N) is 1. The minimum atomic E-state index is -3.72. The number of ether oxygens (including phenoxy) is 1. The highest BCUT2D eigenvalue weighted by atomic mass is 35.5. The van der Waals surface area contributed by atoms with Crippen molar-refractivity contribution in [2.45, 2.75) is 17.7 Å². The summed E-state index contributed by atoms with van der Waals surface area (Å²) < 4.78 is 32.8. The molecule has 0 aliphatic carbocycles. The molecule has 9 heteroatoms. The summed E-state index contributed by atoms with van der Waals surface area (Å²) in [7, 11) is -3.72. The van der Waals surface area contributed by atoms with Crippen LogP contribution in [-0.4, -0.2) is 49.9 Å². The van der Waals surface area contributed by atoms with Crippen molar-refractivity contribution < 1.29 is 17.9 Å². The SMILES string of the molecule is O=C(NCCOc1cccc2ccccc12)C1CCN(S(=O)(=O)c2cccnc2Cl)CC1. The highest BCUT2D eigenvalue weighted by Gasteiger charge is 2.33. The van der Waals surface area contributed by atoms with Gasteiger partial charge in [-0.3, -0.25) is 4.79 Å². The van der Waals surface area contributed by atoms with Crippen LogP contribution in [0.15, 0.2) is 65.7 Å². The van der Waals surface area contributed by atoms with Crippen LogP contribution in [0.5, 0.6) is 5.75 Å². The molecule has 1 N–H and O–H groups in total. The molecular formula is C23H24ClN3O4S. The predicted molar refractivity (Wildman–Crippen MR) is 123 cm³/mol. The highest BCUT2D eigenvalue weighted by molar-refractivity contribution is 7.89. The Hall–Kier alpha value is -2.68. The summed E-state index contributed by atoms with van der Waals surface area (Å²) in [6, 6.07) is 16.8. The highest BCUT2D eigenvalue weighted by Crippen LogP contribution is 2.27. The third-order valence-electron chi connectivity index (χ3n) is 5.58. The molecule has 0 saturated carbocycles. The van der Waals surface area contributed by atoms with E-state index >= 15 is 0 Å².